The number of ether oxygens (including phenoxy) is 3. The van der Waals surface area contributed by atoms with E-state index in [2.05, 4.69) is 34.6 Å². The number of carbonyl (C=O) groups is 3. The highest BCUT2D eigenvalue weighted by atomic mass is 16.6. The number of rotatable bonds is 53. The molecule has 0 saturated carbocycles. The highest BCUT2D eigenvalue weighted by molar-refractivity contribution is 5.71. The molecule has 0 rings (SSSR count). The lowest BCUT2D eigenvalue weighted by Gasteiger charge is -2.18. The van der Waals surface area contributed by atoms with Gasteiger partial charge in [-0.15, -0.1) is 0 Å². The van der Waals surface area contributed by atoms with Crippen LogP contribution in [-0.4, -0.2) is 37.2 Å². The van der Waals surface area contributed by atoms with Crippen LogP contribution < -0.4 is 0 Å². The summed E-state index contributed by atoms with van der Waals surface area (Å²) in [6.45, 7) is 11.4. The Hall–Kier alpha value is -1.59. The molecule has 0 heterocycles. The highest BCUT2D eigenvalue weighted by Crippen LogP contribution is 2.18. The van der Waals surface area contributed by atoms with Crippen LogP contribution in [0.15, 0.2) is 0 Å². The van der Waals surface area contributed by atoms with Gasteiger partial charge in [0.15, 0.2) is 6.10 Å². The van der Waals surface area contributed by atoms with Gasteiger partial charge >= 0.3 is 17.9 Å². The van der Waals surface area contributed by atoms with E-state index in [0.717, 1.165) is 69.6 Å². The van der Waals surface area contributed by atoms with Crippen molar-refractivity contribution in [3.8, 4) is 0 Å². The Labute approximate surface area is 406 Å². The molecule has 386 valence electrons. The molecular formula is C59H114O6. The van der Waals surface area contributed by atoms with Crippen LogP contribution in [0.2, 0.25) is 0 Å². The maximum Gasteiger partial charge on any atom is 0.306 e. The monoisotopic (exact) mass is 919 g/mol. The Morgan fingerprint density at radius 2 is 0.508 bits per heavy atom. The van der Waals surface area contributed by atoms with Gasteiger partial charge in [-0.3, -0.25) is 14.4 Å². The first kappa shape index (κ1) is 63.4. The first-order valence-corrected chi connectivity index (χ1v) is 29.2. The Morgan fingerprint density at radius 1 is 0.292 bits per heavy atom. The average Bonchev–Trinajstić information content (AvgIpc) is 3.28. The zero-order valence-corrected chi connectivity index (χ0v) is 44.6. The van der Waals surface area contributed by atoms with Crippen molar-refractivity contribution < 1.29 is 28.6 Å². The smallest absolute Gasteiger partial charge is 0.306 e. The topological polar surface area (TPSA) is 78.9 Å². The maximum absolute atomic E-state index is 12.9. The first-order chi connectivity index (χ1) is 31.7. The van der Waals surface area contributed by atoms with Crippen LogP contribution >= 0.6 is 0 Å². The third kappa shape index (κ3) is 53.2. The van der Waals surface area contributed by atoms with E-state index >= 15 is 0 Å². The summed E-state index contributed by atoms with van der Waals surface area (Å²) in [5.74, 6) is 0.853. The van der Waals surface area contributed by atoms with Crippen LogP contribution in [0.5, 0.6) is 0 Å². The molecule has 0 aliphatic carbocycles. The van der Waals surface area contributed by atoms with Crippen molar-refractivity contribution in [3.63, 3.8) is 0 Å². The van der Waals surface area contributed by atoms with E-state index in [0.29, 0.717) is 19.3 Å². The summed E-state index contributed by atoms with van der Waals surface area (Å²) in [5.41, 5.74) is 0. The molecule has 0 saturated heterocycles. The van der Waals surface area contributed by atoms with Gasteiger partial charge in [-0.2, -0.15) is 0 Å². The predicted octanol–water partition coefficient (Wildman–Crippen LogP) is 19.3. The fourth-order valence-electron chi connectivity index (χ4n) is 9.05. The molecule has 0 bridgehead atoms. The molecule has 0 aromatic heterocycles. The van der Waals surface area contributed by atoms with Gasteiger partial charge in [0, 0.05) is 19.3 Å². The fourth-order valence-corrected chi connectivity index (χ4v) is 9.05. The molecule has 0 aliphatic rings. The molecule has 6 heteroatoms. The molecule has 0 aliphatic heterocycles. The van der Waals surface area contributed by atoms with Crippen molar-refractivity contribution in [3.05, 3.63) is 0 Å². The largest absolute Gasteiger partial charge is 0.462 e. The van der Waals surface area contributed by atoms with E-state index in [9.17, 15) is 14.4 Å². The number of hydrogen-bond acceptors (Lipinski definition) is 6. The lowest BCUT2D eigenvalue weighted by molar-refractivity contribution is -0.167. The van der Waals surface area contributed by atoms with E-state index in [1.165, 1.54) is 218 Å². The lowest BCUT2D eigenvalue weighted by atomic mass is 10.0. The van der Waals surface area contributed by atoms with Crippen molar-refractivity contribution >= 4 is 17.9 Å². The van der Waals surface area contributed by atoms with Crippen molar-refractivity contribution in [2.45, 2.75) is 336 Å². The van der Waals surface area contributed by atoms with Crippen molar-refractivity contribution in [2.75, 3.05) is 13.2 Å². The number of esters is 3. The summed E-state index contributed by atoms with van der Waals surface area (Å²) in [6, 6.07) is 0. The molecular weight excluding hydrogens is 805 g/mol. The van der Waals surface area contributed by atoms with Crippen LogP contribution in [-0.2, 0) is 28.6 Å². The second kappa shape index (κ2) is 51.8. The summed E-state index contributed by atoms with van der Waals surface area (Å²) in [4.78, 5) is 38.1. The number of carbonyl (C=O) groups excluding carboxylic acids is 3. The minimum atomic E-state index is -0.762. The third-order valence-corrected chi connectivity index (χ3v) is 13.5. The molecule has 65 heavy (non-hydrogen) atoms. The average molecular weight is 920 g/mol. The van der Waals surface area contributed by atoms with Crippen LogP contribution in [0.1, 0.15) is 330 Å². The number of unbranched alkanes of at least 4 members (excludes halogenated alkanes) is 38. The highest BCUT2D eigenvalue weighted by Gasteiger charge is 2.19. The second-order valence-electron chi connectivity index (χ2n) is 21.2. The van der Waals surface area contributed by atoms with E-state index in [-0.39, 0.29) is 31.1 Å². The first-order valence-electron chi connectivity index (χ1n) is 29.2. The van der Waals surface area contributed by atoms with E-state index in [4.69, 9.17) is 14.2 Å². The molecule has 0 radical (unpaired) electrons. The summed E-state index contributed by atoms with van der Waals surface area (Å²) in [5, 5.41) is 0. The SMILES string of the molecule is CCCCCCCCCCCCCCC(=O)OC[C@@H](COC(=O)CCCCCCCCCCCCCCCC(C)C)OC(=O)CCCCCCCCCCCCCCCCCCC(C)C. The zero-order valence-electron chi connectivity index (χ0n) is 44.6. The molecule has 0 fully saturated rings. The Morgan fingerprint density at radius 3 is 0.754 bits per heavy atom. The van der Waals surface area contributed by atoms with Gasteiger partial charge in [0.2, 0.25) is 0 Å². The van der Waals surface area contributed by atoms with Crippen molar-refractivity contribution in [2.24, 2.45) is 11.8 Å². The van der Waals surface area contributed by atoms with E-state index in [1.807, 2.05) is 0 Å². The van der Waals surface area contributed by atoms with Gasteiger partial charge in [-0.25, -0.2) is 0 Å². The molecule has 0 spiro atoms. The van der Waals surface area contributed by atoms with E-state index in [1.54, 1.807) is 0 Å². The Balaban J connectivity index is 4.27. The molecule has 0 N–H and O–H groups in total. The Bertz CT molecular complexity index is 993. The van der Waals surface area contributed by atoms with Gasteiger partial charge < -0.3 is 14.2 Å². The summed E-state index contributed by atoms with van der Waals surface area (Å²) in [7, 11) is 0. The molecule has 0 aromatic carbocycles. The van der Waals surface area contributed by atoms with Crippen LogP contribution in [0.4, 0.5) is 0 Å². The van der Waals surface area contributed by atoms with Crippen LogP contribution in [0.3, 0.4) is 0 Å². The van der Waals surface area contributed by atoms with Gasteiger partial charge in [-0.05, 0) is 31.1 Å². The van der Waals surface area contributed by atoms with Gasteiger partial charge in [0.25, 0.3) is 0 Å². The minimum absolute atomic E-state index is 0.0625. The maximum atomic E-state index is 12.9. The fraction of sp³-hybridized carbons (Fsp3) is 0.949. The summed E-state index contributed by atoms with van der Waals surface area (Å²) < 4.78 is 16.9. The summed E-state index contributed by atoms with van der Waals surface area (Å²) >= 11 is 0. The van der Waals surface area contributed by atoms with Crippen LogP contribution in [0.25, 0.3) is 0 Å². The zero-order chi connectivity index (χ0) is 47.5. The van der Waals surface area contributed by atoms with Gasteiger partial charge in [0.05, 0.1) is 0 Å². The summed E-state index contributed by atoms with van der Waals surface area (Å²) in [6.07, 6.45) is 55.2. The van der Waals surface area contributed by atoms with Crippen molar-refractivity contribution in [1.29, 1.82) is 0 Å². The molecule has 0 aromatic rings. The lowest BCUT2D eigenvalue weighted by Crippen LogP contribution is -2.30. The molecule has 0 unspecified atom stereocenters. The predicted molar refractivity (Wildman–Crippen MR) is 280 cm³/mol. The minimum Gasteiger partial charge on any atom is -0.462 e. The number of hydrogen-bond donors (Lipinski definition) is 0. The quantitative estimate of drug-likeness (QED) is 0.0344. The Kier molecular flexibility index (Phi) is 50.5. The van der Waals surface area contributed by atoms with Gasteiger partial charge in [-0.1, -0.05) is 291 Å². The molecule has 6 nitrogen and oxygen atoms in total. The van der Waals surface area contributed by atoms with E-state index < -0.39 is 6.10 Å². The van der Waals surface area contributed by atoms with Crippen LogP contribution in [0, 0.1) is 11.8 Å². The standard InChI is InChI=1S/C59H114O6/c1-6-7-8-9-10-11-12-24-29-34-39-44-49-57(60)63-52-56(53-64-58(61)50-45-40-35-30-25-21-17-19-23-28-33-38-43-48-55(4)5)65-59(62)51-46-41-36-31-26-20-16-14-13-15-18-22-27-32-37-42-47-54(2)3/h54-56H,6-53H2,1-5H3/t56-/m0/s1. The molecule has 0 amide bonds. The van der Waals surface area contributed by atoms with Gasteiger partial charge in [0.1, 0.15) is 13.2 Å². The van der Waals surface area contributed by atoms with Crippen molar-refractivity contribution in [1.82, 2.24) is 0 Å². The third-order valence-electron chi connectivity index (χ3n) is 13.5. The normalized spacial score (nSPS) is 12.0. The second-order valence-corrected chi connectivity index (χ2v) is 21.2. The molecule has 1 atom stereocenters.